The van der Waals surface area contributed by atoms with Gasteiger partial charge in [0, 0.05) is 11.4 Å². The minimum Gasteiger partial charge on any atom is -0.489 e. The Morgan fingerprint density at radius 2 is 1.64 bits per heavy atom. The SMILES string of the molecule is COC(=O)C1=C(C)N(c2ccc(F)cc2)/C(=C/c2ccc(OCc3ccccc3)cc2)C1=O. The van der Waals surface area contributed by atoms with E-state index in [9.17, 15) is 14.0 Å². The maximum atomic E-state index is 13.5. The third kappa shape index (κ3) is 4.70. The van der Waals surface area contributed by atoms with Crippen molar-refractivity contribution < 1.29 is 23.5 Å². The van der Waals surface area contributed by atoms with Crippen LogP contribution in [0.2, 0.25) is 0 Å². The molecule has 5 nitrogen and oxygen atoms in total. The lowest BCUT2D eigenvalue weighted by molar-refractivity contribution is -0.137. The van der Waals surface area contributed by atoms with Gasteiger partial charge in [-0.05, 0) is 60.5 Å². The van der Waals surface area contributed by atoms with E-state index in [4.69, 9.17) is 9.47 Å². The van der Waals surface area contributed by atoms with Gasteiger partial charge in [-0.3, -0.25) is 4.79 Å². The predicted octanol–water partition coefficient (Wildman–Crippen LogP) is 5.28. The zero-order valence-electron chi connectivity index (χ0n) is 18.2. The van der Waals surface area contributed by atoms with E-state index in [1.54, 1.807) is 30.0 Å². The van der Waals surface area contributed by atoms with Crippen LogP contribution in [0.15, 0.2) is 95.8 Å². The first-order valence-electron chi connectivity index (χ1n) is 10.4. The summed E-state index contributed by atoms with van der Waals surface area (Å²) in [4.78, 5) is 27.0. The number of rotatable bonds is 6. The van der Waals surface area contributed by atoms with Crippen molar-refractivity contribution in [3.05, 3.63) is 113 Å². The summed E-state index contributed by atoms with van der Waals surface area (Å²) in [6, 6.07) is 22.9. The molecule has 0 saturated heterocycles. The third-order valence-corrected chi connectivity index (χ3v) is 5.30. The Labute approximate surface area is 191 Å². The molecule has 4 rings (SSSR count). The second-order valence-corrected chi connectivity index (χ2v) is 7.47. The number of nitrogens with zero attached hydrogens (tertiary/aromatic N) is 1. The molecule has 3 aromatic carbocycles. The van der Waals surface area contributed by atoms with E-state index in [1.807, 2.05) is 54.6 Å². The molecule has 0 bridgehead atoms. The molecule has 1 heterocycles. The highest BCUT2D eigenvalue weighted by molar-refractivity contribution is 6.30. The summed E-state index contributed by atoms with van der Waals surface area (Å²) >= 11 is 0. The van der Waals surface area contributed by atoms with E-state index in [-0.39, 0.29) is 11.3 Å². The summed E-state index contributed by atoms with van der Waals surface area (Å²) < 4.78 is 24.1. The van der Waals surface area contributed by atoms with Gasteiger partial charge in [0.15, 0.2) is 0 Å². The maximum absolute atomic E-state index is 13.5. The molecule has 0 aliphatic carbocycles. The number of carbonyl (C=O) groups is 2. The van der Waals surface area contributed by atoms with E-state index in [2.05, 4.69) is 0 Å². The normalized spacial score (nSPS) is 14.7. The van der Waals surface area contributed by atoms with Crippen LogP contribution in [0.5, 0.6) is 5.75 Å². The number of halogens is 1. The van der Waals surface area contributed by atoms with Crippen LogP contribution in [0.25, 0.3) is 6.08 Å². The molecule has 0 N–H and O–H groups in total. The number of anilines is 1. The number of ether oxygens (including phenoxy) is 2. The first-order valence-corrected chi connectivity index (χ1v) is 10.4. The molecular weight excluding hydrogens is 421 g/mol. The Kier molecular flexibility index (Phi) is 6.36. The summed E-state index contributed by atoms with van der Waals surface area (Å²) in [7, 11) is 1.23. The Balaban J connectivity index is 1.62. The number of allylic oxidation sites excluding steroid dienone is 2. The second-order valence-electron chi connectivity index (χ2n) is 7.47. The number of benzene rings is 3. The van der Waals surface area contributed by atoms with Crippen LogP contribution in [-0.2, 0) is 20.9 Å². The Hall–Kier alpha value is -4.19. The van der Waals surface area contributed by atoms with Crippen LogP contribution in [0.3, 0.4) is 0 Å². The molecule has 0 unspecified atom stereocenters. The zero-order valence-corrected chi connectivity index (χ0v) is 18.2. The van der Waals surface area contributed by atoms with Crippen molar-refractivity contribution in [2.24, 2.45) is 0 Å². The highest BCUT2D eigenvalue weighted by Gasteiger charge is 2.38. The van der Waals surface area contributed by atoms with Crippen molar-refractivity contribution >= 4 is 23.5 Å². The molecule has 0 spiro atoms. The average molecular weight is 443 g/mol. The van der Waals surface area contributed by atoms with Crippen LogP contribution < -0.4 is 9.64 Å². The lowest BCUT2D eigenvalue weighted by Gasteiger charge is -2.21. The fourth-order valence-corrected chi connectivity index (χ4v) is 3.64. The Morgan fingerprint density at radius 1 is 0.970 bits per heavy atom. The van der Waals surface area contributed by atoms with Gasteiger partial charge >= 0.3 is 5.97 Å². The standard InChI is InChI=1S/C27H22FNO4/c1-18-25(27(31)32-2)26(30)24(29(18)22-12-10-21(28)11-13-22)16-19-8-14-23(15-9-19)33-17-20-6-4-3-5-7-20/h3-16H,17H2,1-2H3/b24-16+. The Morgan fingerprint density at radius 3 is 2.27 bits per heavy atom. The van der Waals surface area contributed by atoms with Gasteiger partial charge in [0.2, 0.25) is 5.78 Å². The minimum atomic E-state index is -0.710. The molecule has 0 aromatic heterocycles. The molecule has 0 atom stereocenters. The van der Waals surface area contributed by atoms with E-state index < -0.39 is 17.6 Å². The molecule has 0 saturated carbocycles. The van der Waals surface area contributed by atoms with Gasteiger partial charge < -0.3 is 14.4 Å². The highest BCUT2D eigenvalue weighted by atomic mass is 19.1. The van der Waals surface area contributed by atoms with Gasteiger partial charge in [0.05, 0.1) is 12.8 Å². The fraction of sp³-hybridized carbons (Fsp3) is 0.111. The van der Waals surface area contributed by atoms with Crippen LogP contribution in [-0.4, -0.2) is 18.9 Å². The summed E-state index contributed by atoms with van der Waals surface area (Å²) in [6.07, 6.45) is 1.69. The quantitative estimate of drug-likeness (QED) is 0.295. The van der Waals surface area contributed by atoms with Crippen molar-refractivity contribution in [2.75, 3.05) is 12.0 Å². The highest BCUT2D eigenvalue weighted by Crippen LogP contribution is 2.35. The number of Topliss-reactive ketones (excluding diaryl/α,β-unsaturated/α-hetero) is 1. The van der Waals surface area contributed by atoms with Gasteiger partial charge in [-0.25, -0.2) is 9.18 Å². The van der Waals surface area contributed by atoms with Gasteiger partial charge in [0.25, 0.3) is 0 Å². The minimum absolute atomic E-state index is 0.0455. The lowest BCUT2D eigenvalue weighted by Crippen LogP contribution is -2.18. The van der Waals surface area contributed by atoms with Gasteiger partial charge in [0.1, 0.15) is 23.7 Å². The lowest BCUT2D eigenvalue weighted by atomic mass is 10.1. The molecule has 0 amide bonds. The molecule has 1 aliphatic rings. The van der Waals surface area contributed by atoms with E-state index >= 15 is 0 Å². The van der Waals surface area contributed by atoms with Crippen molar-refractivity contribution in [1.82, 2.24) is 0 Å². The fourth-order valence-electron chi connectivity index (χ4n) is 3.64. The molecule has 166 valence electrons. The first-order chi connectivity index (χ1) is 16.0. The largest absolute Gasteiger partial charge is 0.489 e. The monoisotopic (exact) mass is 443 g/mol. The third-order valence-electron chi connectivity index (χ3n) is 5.30. The molecule has 6 heteroatoms. The molecule has 33 heavy (non-hydrogen) atoms. The predicted molar refractivity (Wildman–Crippen MR) is 124 cm³/mol. The van der Waals surface area contributed by atoms with Crippen LogP contribution in [0.4, 0.5) is 10.1 Å². The van der Waals surface area contributed by atoms with Crippen molar-refractivity contribution in [3.63, 3.8) is 0 Å². The summed E-state index contributed by atoms with van der Waals surface area (Å²) in [5, 5.41) is 0. The van der Waals surface area contributed by atoms with E-state index in [0.717, 1.165) is 11.1 Å². The number of carbonyl (C=O) groups excluding carboxylic acids is 2. The van der Waals surface area contributed by atoms with Gasteiger partial charge in [-0.2, -0.15) is 0 Å². The van der Waals surface area contributed by atoms with Crippen molar-refractivity contribution in [3.8, 4) is 5.75 Å². The number of esters is 1. The van der Waals surface area contributed by atoms with Crippen LogP contribution >= 0.6 is 0 Å². The van der Waals surface area contributed by atoms with E-state index in [0.29, 0.717) is 23.7 Å². The molecule has 0 fully saturated rings. The van der Waals surface area contributed by atoms with Gasteiger partial charge in [-0.15, -0.1) is 0 Å². The number of hydrogen-bond acceptors (Lipinski definition) is 5. The number of methoxy groups -OCH3 is 1. The molecule has 3 aromatic rings. The number of hydrogen-bond donors (Lipinski definition) is 0. The zero-order chi connectivity index (χ0) is 23.4. The summed E-state index contributed by atoms with van der Waals surface area (Å²) in [5.41, 5.74) is 3.03. The Bertz CT molecular complexity index is 1230. The van der Waals surface area contributed by atoms with Crippen LogP contribution in [0.1, 0.15) is 18.1 Å². The van der Waals surface area contributed by atoms with Crippen molar-refractivity contribution in [2.45, 2.75) is 13.5 Å². The van der Waals surface area contributed by atoms with Crippen LogP contribution in [0, 0.1) is 5.82 Å². The number of ketones is 1. The summed E-state index contributed by atoms with van der Waals surface area (Å²) in [6.45, 7) is 2.11. The van der Waals surface area contributed by atoms with E-state index in [1.165, 1.54) is 19.2 Å². The molecule has 0 radical (unpaired) electrons. The smallest absolute Gasteiger partial charge is 0.343 e. The maximum Gasteiger partial charge on any atom is 0.343 e. The van der Waals surface area contributed by atoms with Gasteiger partial charge in [-0.1, -0.05) is 42.5 Å². The topological polar surface area (TPSA) is 55.8 Å². The summed E-state index contributed by atoms with van der Waals surface area (Å²) in [5.74, 6) is -0.861. The molecular formula is C27H22FNO4. The average Bonchev–Trinajstić information content (AvgIpc) is 3.08. The van der Waals surface area contributed by atoms with Crippen molar-refractivity contribution in [1.29, 1.82) is 0 Å². The second kappa shape index (κ2) is 9.53. The molecule has 1 aliphatic heterocycles. The first kappa shape index (κ1) is 22.0.